The monoisotopic (exact) mass is 341 g/mol. The second-order valence-corrected chi connectivity index (χ2v) is 5.61. The molecule has 0 unspecified atom stereocenters. The molecule has 0 saturated carbocycles. The molecule has 1 aromatic heterocycles. The highest BCUT2D eigenvalue weighted by atomic mass is 79.9. The highest BCUT2D eigenvalue weighted by Crippen LogP contribution is 2.25. The summed E-state index contributed by atoms with van der Waals surface area (Å²) in [7, 11) is 0. The van der Waals surface area contributed by atoms with Crippen molar-refractivity contribution in [2.24, 2.45) is 0 Å². The number of aromatic nitrogens is 1. The fourth-order valence-corrected chi connectivity index (χ4v) is 2.76. The van der Waals surface area contributed by atoms with Gasteiger partial charge in [-0.2, -0.15) is 0 Å². The second-order valence-electron chi connectivity index (χ2n) is 4.70. The first-order chi connectivity index (χ1) is 8.74. The van der Waals surface area contributed by atoms with E-state index in [-0.39, 0.29) is 12.4 Å². The van der Waals surface area contributed by atoms with E-state index < -0.39 is 0 Å². The normalized spacial score (nSPS) is 15.4. The van der Waals surface area contributed by atoms with E-state index in [0.717, 1.165) is 42.0 Å². The first-order valence-corrected chi connectivity index (χ1v) is 7.06. The Labute approximate surface area is 127 Å². The van der Waals surface area contributed by atoms with E-state index in [1.54, 1.807) is 0 Å². The fraction of sp³-hybridized carbons (Fsp3) is 0.357. The SMILES string of the molecule is Cc1cc(N2CCNCC2)nc2cc(Br)ccc12.Cl. The molecule has 1 aliphatic rings. The van der Waals surface area contributed by atoms with E-state index in [9.17, 15) is 0 Å². The van der Waals surface area contributed by atoms with E-state index in [1.807, 2.05) is 0 Å². The van der Waals surface area contributed by atoms with Crippen molar-refractivity contribution in [1.82, 2.24) is 10.3 Å². The van der Waals surface area contributed by atoms with Crippen LogP contribution in [0, 0.1) is 6.92 Å². The van der Waals surface area contributed by atoms with E-state index in [2.05, 4.69) is 57.3 Å². The van der Waals surface area contributed by atoms with Crippen LogP contribution in [0.1, 0.15) is 5.56 Å². The number of anilines is 1. The standard InChI is InChI=1S/C14H16BrN3.ClH/c1-10-8-14(18-6-4-16-5-7-18)17-13-9-11(15)2-3-12(10)13;/h2-3,8-9,16H,4-7H2,1H3;1H. The number of piperazine rings is 1. The molecule has 19 heavy (non-hydrogen) atoms. The summed E-state index contributed by atoms with van der Waals surface area (Å²) < 4.78 is 1.08. The molecule has 0 atom stereocenters. The number of nitrogens with zero attached hydrogens (tertiary/aromatic N) is 2. The van der Waals surface area contributed by atoms with Crippen LogP contribution in [-0.2, 0) is 0 Å². The van der Waals surface area contributed by atoms with Gasteiger partial charge in [-0.3, -0.25) is 0 Å². The van der Waals surface area contributed by atoms with Crippen molar-refractivity contribution in [3.63, 3.8) is 0 Å². The van der Waals surface area contributed by atoms with Gasteiger partial charge in [-0.1, -0.05) is 22.0 Å². The topological polar surface area (TPSA) is 28.2 Å². The van der Waals surface area contributed by atoms with Crippen LogP contribution in [0.5, 0.6) is 0 Å². The lowest BCUT2D eigenvalue weighted by molar-refractivity contribution is 0.585. The minimum atomic E-state index is 0. The Morgan fingerprint density at radius 3 is 2.68 bits per heavy atom. The quantitative estimate of drug-likeness (QED) is 0.863. The first-order valence-electron chi connectivity index (χ1n) is 6.26. The molecule has 3 rings (SSSR count). The van der Waals surface area contributed by atoms with Crippen molar-refractivity contribution in [3.05, 3.63) is 34.3 Å². The number of hydrogen-bond donors (Lipinski definition) is 1. The molecule has 1 aromatic carbocycles. The van der Waals surface area contributed by atoms with Crippen molar-refractivity contribution in [2.45, 2.75) is 6.92 Å². The lowest BCUT2D eigenvalue weighted by Crippen LogP contribution is -2.43. The Hall–Kier alpha value is -0.840. The molecule has 3 nitrogen and oxygen atoms in total. The van der Waals surface area contributed by atoms with Gasteiger partial charge in [0.25, 0.3) is 0 Å². The van der Waals surface area contributed by atoms with Gasteiger partial charge in [0.2, 0.25) is 0 Å². The summed E-state index contributed by atoms with van der Waals surface area (Å²) in [6.45, 7) is 6.30. The number of rotatable bonds is 1. The van der Waals surface area contributed by atoms with Crippen LogP contribution in [0.3, 0.4) is 0 Å². The Morgan fingerprint density at radius 1 is 1.21 bits per heavy atom. The summed E-state index contributed by atoms with van der Waals surface area (Å²) in [5.41, 5.74) is 2.36. The third kappa shape index (κ3) is 3.02. The second kappa shape index (κ2) is 6.07. The molecule has 0 aliphatic carbocycles. The molecule has 1 aliphatic heterocycles. The number of halogens is 2. The minimum Gasteiger partial charge on any atom is -0.354 e. The average Bonchev–Trinajstić information content (AvgIpc) is 2.39. The molecule has 102 valence electrons. The van der Waals surface area contributed by atoms with E-state index in [0.29, 0.717) is 0 Å². The maximum Gasteiger partial charge on any atom is 0.129 e. The highest BCUT2D eigenvalue weighted by molar-refractivity contribution is 9.10. The lowest BCUT2D eigenvalue weighted by Gasteiger charge is -2.28. The van der Waals surface area contributed by atoms with Crippen LogP contribution in [0.2, 0.25) is 0 Å². The Kier molecular flexibility index (Phi) is 4.66. The number of nitrogens with one attached hydrogen (secondary N) is 1. The molecule has 1 N–H and O–H groups in total. The molecule has 0 amide bonds. The maximum absolute atomic E-state index is 4.79. The zero-order valence-corrected chi connectivity index (χ0v) is 13.2. The highest BCUT2D eigenvalue weighted by Gasteiger charge is 2.13. The molecule has 2 heterocycles. The Morgan fingerprint density at radius 2 is 1.95 bits per heavy atom. The predicted molar refractivity (Wildman–Crippen MR) is 86.5 cm³/mol. The van der Waals surface area contributed by atoms with Crippen molar-refractivity contribution in [2.75, 3.05) is 31.1 Å². The summed E-state index contributed by atoms with van der Waals surface area (Å²) in [6, 6.07) is 8.49. The smallest absolute Gasteiger partial charge is 0.129 e. The first kappa shape index (κ1) is 14.6. The van der Waals surface area contributed by atoms with Gasteiger partial charge < -0.3 is 10.2 Å². The lowest BCUT2D eigenvalue weighted by atomic mass is 10.1. The van der Waals surface area contributed by atoms with Gasteiger partial charge in [0.1, 0.15) is 5.82 Å². The van der Waals surface area contributed by atoms with E-state index in [1.165, 1.54) is 10.9 Å². The van der Waals surface area contributed by atoms with Gasteiger partial charge in [0.05, 0.1) is 5.52 Å². The molecule has 0 bridgehead atoms. The average molecular weight is 343 g/mol. The molecular weight excluding hydrogens is 326 g/mol. The molecular formula is C14H17BrClN3. The third-order valence-corrected chi connectivity index (χ3v) is 3.90. The van der Waals surface area contributed by atoms with Crippen molar-refractivity contribution in [3.8, 4) is 0 Å². The maximum atomic E-state index is 4.79. The number of hydrogen-bond acceptors (Lipinski definition) is 3. The van der Waals surface area contributed by atoms with Gasteiger partial charge in [-0.05, 0) is 30.7 Å². The number of fused-ring (bicyclic) bond motifs is 1. The van der Waals surface area contributed by atoms with Crippen molar-refractivity contribution < 1.29 is 0 Å². The van der Waals surface area contributed by atoms with Crippen LogP contribution < -0.4 is 10.2 Å². The van der Waals surface area contributed by atoms with Crippen LogP contribution in [-0.4, -0.2) is 31.2 Å². The third-order valence-electron chi connectivity index (χ3n) is 3.41. The number of benzene rings is 1. The van der Waals surface area contributed by atoms with Crippen LogP contribution in [0.25, 0.3) is 10.9 Å². The number of pyridine rings is 1. The molecule has 0 radical (unpaired) electrons. The van der Waals surface area contributed by atoms with Gasteiger partial charge in [0, 0.05) is 36.0 Å². The summed E-state index contributed by atoms with van der Waals surface area (Å²) in [5, 5.41) is 4.60. The largest absolute Gasteiger partial charge is 0.354 e. The minimum absolute atomic E-state index is 0. The van der Waals surface area contributed by atoms with Gasteiger partial charge >= 0.3 is 0 Å². The van der Waals surface area contributed by atoms with E-state index >= 15 is 0 Å². The summed E-state index contributed by atoms with van der Waals surface area (Å²) in [5.74, 6) is 1.10. The summed E-state index contributed by atoms with van der Waals surface area (Å²) in [6.07, 6.45) is 0. The molecule has 2 aromatic rings. The van der Waals surface area contributed by atoms with Crippen LogP contribution >= 0.6 is 28.3 Å². The Balaban J connectivity index is 0.00000133. The zero-order valence-electron chi connectivity index (χ0n) is 10.8. The van der Waals surface area contributed by atoms with Crippen molar-refractivity contribution in [1.29, 1.82) is 0 Å². The van der Waals surface area contributed by atoms with Gasteiger partial charge in [-0.25, -0.2) is 4.98 Å². The Bertz CT molecular complexity index is 582. The molecule has 1 saturated heterocycles. The predicted octanol–water partition coefficient (Wildman–Crippen LogP) is 3.14. The van der Waals surface area contributed by atoms with Gasteiger partial charge in [-0.15, -0.1) is 12.4 Å². The van der Waals surface area contributed by atoms with Crippen molar-refractivity contribution >= 4 is 45.1 Å². The number of aryl methyl sites for hydroxylation is 1. The fourth-order valence-electron chi connectivity index (χ4n) is 2.41. The van der Waals surface area contributed by atoms with Crippen LogP contribution in [0.15, 0.2) is 28.7 Å². The summed E-state index contributed by atoms with van der Waals surface area (Å²) in [4.78, 5) is 7.14. The molecule has 0 spiro atoms. The molecule has 1 fully saturated rings. The molecule has 5 heteroatoms. The van der Waals surface area contributed by atoms with E-state index in [4.69, 9.17) is 4.98 Å². The van der Waals surface area contributed by atoms with Gasteiger partial charge in [0.15, 0.2) is 0 Å². The summed E-state index contributed by atoms with van der Waals surface area (Å²) >= 11 is 3.51. The zero-order chi connectivity index (χ0) is 12.5. The van der Waals surface area contributed by atoms with Crippen LogP contribution in [0.4, 0.5) is 5.82 Å².